The summed E-state index contributed by atoms with van der Waals surface area (Å²) >= 11 is 1.55. The maximum absolute atomic E-state index is 12.4. The van der Waals surface area contributed by atoms with Gasteiger partial charge in [-0.15, -0.1) is 11.3 Å². The van der Waals surface area contributed by atoms with E-state index in [0.717, 1.165) is 27.0 Å². The second-order valence-electron chi connectivity index (χ2n) is 4.51. The number of hydrogen-bond donors (Lipinski definition) is 0. The monoisotopic (exact) mass is 267 g/mol. The molecule has 2 aromatic carbocycles. The third kappa shape index (κ3) is 2.42. The Morgan fingerprint density at radius 1 is 1.16 bits per heavy atom. The van der Waals surface area contributed by atoms with Crippen LogP contribution in [-0.4, -0.2) is 10.8 Å². The molecule has 0 atom stereocenters. The predicted molar refractivity (Wildman–Crippen MR) is 78.8 cm³/mol. The van der Waals surface area contributed by atoms with Gasteiger partial charge in [0.15, 0.2) is 5.78 Å². The van der Waals surface area contributed by atoms with Crippen LogP contribution < -0.4 is 0 Å². The van der Waals surface area contributed by atoms with Crippen LogP contribution in [0.1, 0.15) is 21.1 Å². The average molecular weight is 267 g/mol. The highest BCUT2D eigenvalue weighted by Crippen LogP contribution is 2.21. The standard InChI is InChI=1S/C16H13NOS/c1-11-10-19-16(17-11)9-15(18)14-8-4-6-12-5-2-3-7-13(12)14/h2-8,10H,9H2,1H3. The van der Waals surface area contributed by atoms with Gasteiger partial charge in [-0.3, -0.25) is 4.79 Å². The molecule has 0 aliphatic heterocycles. The molecule has 3 aromatic rings. The Morgan fingerprint density at radius 2 is 1.95 bits per heavy atom. The predicted octanol–water partition coefficient (Wildman–Crippen LogP) is 4.03. The number of ketones is 1. The Kier molecular flexibility index (Phi) is 3.13. The first kappa shape index (κ1) is 12.1. The topological polar surface area (TPSA) is 30.0 Å². The van der Waals surface area contributed by atoms with Crippen LogP contribution >= 0.6 is 11.3 Å². The van der Waals surface area contributed by atoms with E-state index in [4.69, 9.17) is 0 Å². The molecule has 1 aromatic heterocycles. The van der Waals surface area contributed by atoms with E-state index < -0.39 is 0 Å². The van der Waals surface area contributed by atoms with Gasteiger partial charge in [0.05, 0.1) is 6.42 Å². The van der Waals surface area contributed by atoms with Gasteiger partial charge in [-0.1, -0.05) is 42.5 Å². The van der Waals surface area contributed by atoms with Crippen LogP contribution in [0.4, 0.5) is 0 Å². The zero-order valence-corrected chi connectivity index (χ0v) is 11.4. The Balaban J connectivity index is 1.97. The van der Waals surface area contributed by atoms with Gasteiger partial charge >= 0.3 is 0 Å². The smallest absolute Gasteiger partial charge is 0.170 e. The van der Waals surface area contributed by atoms with Crippen molar-refractivity contribution in [2.24, 2.45) is 0 Å². The number of aryl methyl sites for hydroxylation is 1. The van der Waals surface area contributed by atoms with E-state index in [0.29, 0.717) is 6.42 Å². The molecule has 19 heavy (non-hydrogen) atoms. The Labute approximate surface area is 115 Å². The molecule has 0 aliphatic carbocycles. The molecule has 0 radical (unpaired) electrons. The van der Waals surface area contributed by atoms with E-state index in [9.17, 15) is 4.79 Å². The van der Waals surface area contributed by atoms with Gasteiger partial charge in [0, 0.05) is 16.6 Å². The number of nitrogens with zero attached hydrogens (tertiary/aromatic N) is 1. The Bertz CT molecular complexity index is 740. The van der Waals surface area contributed by atoms with E-state index in [1.807, 2.05) is 54.8 Å². The minimum absolute atomic E-state index is 0.131. The molecular weight excluding hydrogens is 254 g/mol. The molecule has 1 heterocycles. The SMILES string of the molecule is Cc1csc(CC(=O)c2cccc3ccccc23)n1. The molecule has 0 saturated carbocycles. The normalized spacial score (nSPS) is 10.8. The first-order chi connectivity index (χ1) is 9.24. The van der Waals surface area contributed by atoms with Gasteiger partial charge in [0.1, 0.15) is 5.01 Å². The highest BCUT2D eigenvalue weighted by Gasteiger charge is 2.12. The van der Waals surface area contributed by atoms with Gasteiger partial charge in [0.25, 0.3) is 0 Å². The molecule has 3 heteroatoms. The van der Waals surface area contributed by atoms with Crippen molar-refractivity contribution in [3.63, 3.8) is 0 Å². The highest BCUT2D eigenvalue weighted by atomic mass is 32.1. The van der Waals surface area contributed by atoms with Crippen molar-refractivity contribution in [1.82, 2.24) is 4.98 Å². The summed E-state index contributed by atoms with van der Waals surface area (Å²) in [5.74, 6) is 0.131. The van der Waals surface area contributed by atoms with Crippen molar-refractivity contribution in [1.29, 1.82) is 0 Å². The van der Waals surface area contributed by atoms with Crippen molar-refractivity contribution in [2.75, 3.05) is 0 Å². The summed E-state index contributed by atoms with van der Waals surface area (Å²) in [5.41, 5.74) is 1.76. The lowest BCUT2D eigenvalue weighted by molar-refractivity contribution is 0.0994. The molecule has 0 amide bonds. The average Bonchev–Trinajstić information content (AvgIpc) is 2.83. The summed E-state index contributed by atoms with van der Waals surface area (Å²) in [4.78, 5) is 16.8. The largest absolute Gasteiger partial charge is 0.294 e. The lowest BCUT2D eigenvalue weighted by Crippen LogP contribution is -2.04. The summed E-state index contributed by atoms with van der Waals surface area (Å²) < 4.78 is 0. The van der Waals surface area contributed by atoms with E-state index in [1.165, 1.54) is 0 Å². The van der Waals surface area contributed by atoms with Crippen molar-refractivity contribution in [3.8, 4) is 0 Å². The molecule has 94 valence electrons. The van der Waals surface area contributed by atoms with Crippen molar-refractivity contribution < 1.29 is 4.79 Å². The summed E-state index contributed by atoms with van der Waals surface area (Å²) in [7, 11) is 0. The lowest BCUT2D eigenvalue weighted by Gasteiger charge is -2.04. The first-order valence-corrected chi connectivity index (χ1v) is 7.04. The molecular formula is C16H13NOS. The first-order valence-electron chi connectivity index (χ1n) is 6.16. The van der Waals surface area contributed by atoms with E-state index in [-0.39, 0.29) is 5.78 Å². The van der Waals surface area contributed by atoms with E-state index >= 15 is 0 Å². The number of hydrogen-bond acceptors (Lipinski definition) is 3. The number of benzene rings is 2. The number of rotatable bonds is 3. The quantitative estimate of drug-likeness (QED) is 0.671. The summed E-state index contributed by atoms with van der Waals surface area (Å²) in [6.45, 7) is 1.95. The van der Waals surface area contributed by atoms with Gasteiger partial charge in [-0.05, 0) is 17.7 Å². The van der Waals surface area contributed by atoms with Crippen LogP contribution in [0.15, 0.2) is 47.8 Å². The maximum Gasteiger partial charge on any atom is 0.170 e. The number of Topliss-reactive ketones (excluding diaryl/α,β-unsaturated/α-hetero) is 1. The Morgan fingerprint density at radius 3 is 2.74 bits per heavy atom. The number of carbonyl (C=O) groups excluding carboxylic acids is 1. The van der Waals surface area contributed by atoms with Crippen molar-refractivity contribution >= 4 is 27.9 Å². The highest BCUT2D eigenvalue weighted by molar-refractivity contribution is 7.09. The van der Waals surface area contributed by atoms with Crippen molar-refractivity contribution in [2.45, 2.75) is 13.3 Å². The zero-order valence-electron chi connectivity index (χ0n) is 10.6. The van der Waals surface area contributed by atoms with Gasteiger partial charge < -0.3 is 0 Å². The molecule has 0 aliphatic rings. The number of aromatic nitrogens is 1. The van der Waals surface area contributed by atoms with Crippen LogP contribution in [0, 0.1) is 6.92 Å². The molecule has 0 bridgehead atoms. The molecule has 0 fully saturated rings. The van der Waals surface area contributed by atoms with Crippen LogP contribution in [-0.2, 0) is 6.42 Å². The zero-order chi connectivity index (χ0) is 13.2. The number of thiazole rings is 1. The van der Waals surface area contributed by atoms with Crippen LogP contribution in [0.5, 0.6) is 0 Å². The molecule has 0 spiro atoms. The van der Waals surface area contributed by atoms with Gasteiger partial charge in [0.2, 0.25) is 0 Å². The summed E-state index contributed by atoms with van der Waals surface area (Å²) in [6.07, 6.45) is 0.381. The Hall–Kier alpha value is -2.00. The molecule has 0 saturated heterocycles. The van der Waals surface area contributed by atoms with Crippen molar-refractivity contribution in [3.05, 3.63) is 64.1 Å². The van der Waals surface area contributed by atoms with Gasteiger partial charge in [-0.25, -0.2) is 4.98 Å². The fourth-order valence-corrected chi connectivity index (χ4v) is 2.96. The third-order valence-corrected chi connectivity index (χ3v) is 4.04. The van der Waals surface area contributed by atoms with Gasteiger partial charge in [-0.2, -0.15) is 0 Å². The second-order valence-corrected chi connectivity index (χ2v) is 5.45. The molecule has 0 unspecified atom stereocenters. The molecule has 2 nitrogen and oxygen atoms in total. The minimum Gasteiger partial charge on any atom is -0.294 e. The summed E-state index contributed by atoms with van der Waals surface area (Å²) in [5, 5.41) is 4.98. The molecule has 0 N–H and O–H groups in total. The van der Waals surface area contributed by atoms with Crippen LogP contribution in [0.25, 0.3) is 10.8 Å². The fraction of sp³-hybridized carbons (Fsp3) is 0.125. The third-order valence-electron chi connectivity index (χ3n) is 3.07. The van der Waals surface area contributed by atoms with E-state index in [2.05, 4.69) is 4.98 Å². The maximum atomic E-state index is 12.4. The summed E-state index contributed by atoms with van der Waals surface area (Å²) in [6, 6.07) is 13.8. The van der Waals surface area contributed by atoms with Crippen LogP contribution in [0.2, 0.25) is 0 Å². The second kappa shape index (κ2) is 4.94. The van der Waals surface area contributed by atoms with Crippen LogP contribution in [0.3, 0.4) is 0 Å². The lowest BCUT2D eigenvalue weighted by atomic mass is 10.0. The number of fused-ring (bicyclic) bond motifs is 1. The van der Waals surface area contributed by atoms with E-state index in [1.54, 1.807) is 11.3 Å². The fourth-order valence-electron chi connectivity index (χ4n) is 2.19. The minimum atomic E-state index is 0.131. The number of carbonyl (C=O) groups is 1. The molecule has 3 rings (SSSR count).